The Hall–Kier alpha value is -0.660. The summed E-state index contributed by atoms with van der Waals surface area (Å²) in [6, 6.07) is -0.161. The molecule has 0 aromatic heterocycles. The molecule has 6 nitrogen and oxygen atoms in total. The molecule has 0 heterocycles. The first-order chi connectivity index (χ1) is 8.18. The molecular formula is C11H22N2O4S. The van der Waals surface area contributed by atoms with E-state index in [1.165, 1.54) is 11.4 Å². The molecule has 0 aliphatic heterocycles. The highest BCUT2D eigenvalue weighted by Gasteiger charge is 2.40. The largest absolute Gasteiger partial charge is 0.481 e. The average Bonchev–Trinajstić information content (AvgIpc) is 2.62. The first-order valence-corrected chi connectivity index (χ1v) is 7.61. The molecule has 0 spiro atoms. The molecule has 1 fully saturated rings. The van der Waals surface area contributed by atoms with Crippen LogP contribution in [0.4, 0.5) is 0 Å². The van der Waals surface area contributed by atoms with Gasteiger partial charge >= 0.3 is 5.97 Å². The molecule has 0 atom stereocenters. The molecule has 0 aromatic carbocycles. The number of carbonyl (C=O) groups is 1. The molecule has 0 amide bonds. The quantitative estimate of drug-likeness (QED) is 0.757. The standard InChI is InChI=1S/C11H22N2O4S/c1-9(2)13(3)18(16,17)12-11(8-10(14)15)6-4-5-7-11/h9,12H,4-8H2,1-3H3,(H,14,15). The number of carboxylic acid groups (broad SMARTS) is 1. The monoisotopic (exact) mass is 278 g/mol. The molecule has 1 saturated carbocycles. The van der Waals surface area contributed by atoms with E-state index in [1.807, 2.05) is 0 Å². The maximum absolute atomic E-state index is 12.1. The first-order valence-electron chi connectivity index (χ1n) is 6.17. The summed E-state index contributed by atoms with van der Waals surface area (Å²) in [7, 11) is -2.13. The van der Waals surface area contributed by atoms with E-state index in [1.54, 1.807) is 13.8 Å². The van der Waals surface area contributed by atoms with Gasteiger partial charge in [-0.3, -0.25) is 4.79 Å². The molecule has 2 N–H and O–H groups in total. The lowest BCUT2D eigenvalue weighted by atomic mass is 9.95. The van der Waals surface area contributed by atoms with Gasteiger partial charge in [-0.2, -0.15) is 17.4 Å². The van der Waals surface area contributed by atoms with E-state index >= 15 is 0 Å². The van der Waals surface area contributed by atoms with Crippen LogP contribution in [0.1, 0.15) is 46.0 Å². The van der Waals surface area contributed by atoms with Crippen LogP contribution >= 0.6 is 0 Å². The molecule has 7 heteroatoms. The van der Waals surface area contributed by atoms with Gasteiger partial charge in [-0.25, -0.2) is 0 Å². The van der Waals surface area contributed by atoms with Gasteiger partial charge in [0, 0.05) is 18.6 Å². The van der Waals surface area contributed by atoms with Crippen molar-refractivity contribution in [3.63, 3.8) is 0 Å². The SMILES string of the molecule is CC(C)N(C)S(=O)(=O)NC1(CC(=O)O)CCCC1. The molecule has 1 rings (SSSR count). The highest BCUT2D eigenvalue weighted by atomic mass is 32.2. The Bertz CT molecular complexity index is 399. The molecule has 18 heavy (non-hydrogen) atoms. The number of carboxylic acids is 1. The predicted octanol–water partition coefficient (Wildman–Crippen LogP) is 0.948. The fourth-order valence-corrected chi connectivity index (χ4v) is 3.80. The van der Waals surface area contributed by atoms with E-state index in [-0.39, 0.29) is 12.5 Å². The Labute approximate surface area is 109 Å². The topological polar surface area (TPSA) is 86.7 Å². The zero-order valence-electron chi connectivity index (χ0n) is 11.1. The Morgan fingerprint density at radius 3 is 2.28 bits per heavy atom. The van der Waals surface area contributed by atoms with Crippen molar-refractivity contribution in [2.45, 2.75) is 57.5 Å². The molecule has 1 aliphatic carbocycles. The van der Waals surface area contributed by atoms with Gasteiger partial charge in [0.15, 0.2) is 0 Å². The van der Waals surface area contributed by atoms with Gasteiger partial charge in [0.1, 0.15) is 0 Å². The number of aliphatic carboxylic acids is 1. The number of hydrogen-bond donors (Lipinski definition) is 2. The number of nitrogens with one attached hydrogen (secondary N) is 1. The van der Waals surface area contributed by atoms with Gasteiger partial charge in [-0.05, 0) is 26.7 Å². The molecular weight excluding hydrogens is 256 g/mol. The van der Waals surface area contributed by atoms with Crippen molar-refractivity contribution in [2.24, 2.45) is 0 Å². The Balaban J connectivity index is 2.87. The smallest absolute Gasteiger partial charge is 0.305 e. The van der Waals surface area contributed by atoms with Crippen LogP contribution in [-0.2, 0) is 15.0 Å². The van der Waals surface area contributed by atoms with Gasteiger partial charge in [-0.1, -0.05) is 12.8 Å². The summed E-state index contributed by atoms with van der Waals surface area (Å²) in [5.41, 5.74) is -0.812. The lowest BCUT2D eigenvalue weighted by Crippen LogP contribution is -2.53. The summed E-state index contributed by atoms with van der Waals surface area (Å²) in [5, 5.41) is 8.94. The van der Waals surface area contributed by atoms with E-state index < -0.39 is 21.7 Å². The summed E-state index contributed by atoms with van der Waals surface area (Å²) in [6.07, 6.45) is 2.75. The molecule has 106 valence electrons. The van der Waals surface area contributed by atoms with Crippen molar-refractivity contribution in [3.05, 3.63) is 0 Å². The van der Waals surface area contributed by atoms with E-state index in [9.17, 15) is 13.2 Å². The fourth-order valence-electron chi connectivity index (χ4n) is 2.28. The second-order valence-electron chi connectivity index (χ2n) is 5.28. The summed E-state index contributed by atoms with van der Waals surface area (Å²) in [4.78, 5) is 10.9. The minimum Gasteiger partial charge on any atom is -0.481 e. The normalized spacial score (nSPS) is 19.6. The van der Waals surface area contributed by atoms with Gasteiger partial charge in [0.05, 0.1) is 6.42 Å². The van der Waals surface area contributed by atoms with Gasteiger partial charge in [-0.15, -0.1) is 0 Å². The molecule has 1 aliphatic rings. The first kappa shape index (κ1) is 15.4. The second-order valence-corrected chi connectivity index (χ2v) is 7.01. The zero-order chi connectivity index (χ0) is 14.0. The lowest BCUT2D eigenvalue weighted by molar-refractivity contribution is -0.138. The average molecular weight is 278 g/mol. The summed E-state index contributed by atoms with van der Waals surface area (Å²) < 4.78 is 28.1. The zero-order valence-corrected chi connectivity index (χ0v) is 12.0. The third-order valence-corrected chi connectivity index (χ3v) is 5.37. The molecule has 0 saturated heterocycles. The van der Waals surface area contributed by atoms with Crippen molar-refractivity contribution < 1.29 is 18.3 Å². The van der Waals surface area contributed by atoms with Crippen LogP contribution in [0.3, 0.4) is 0 Å². The van der Waals surface area contributed by atoms with Gasteiger partial charge in [0.25, 0.3) is 10.2 Å². The number of rotatable bonds is 6. The third kappa shape index (κ3) is 3.66. The van der Waals surface area contributed by atoms with E-state index in [4.69, 9.17) is 5.11 Å². The van der Waals surface area contributed by atoms with Crippen LogP contribution in [0.15, 0.2) is 0 Å². The number of nitrogens with zero attached hydrogens (tertiary/aromatic N) is 1. The maximum atomic E-state index is 12.1. The molecule has 0 bridgehead atoms. The van der Waals surface area contributed by atoms with Crippen molar-refractivity contribution in [1.82, 2.24) is 9.03 Å². The third-order valence-electron chi connectivity index (χ3n) is 3.50. The predicted molar refractivity (Wildman–Crippen MR) is 68.4 cm³/mol. The number of hydrogen-bond acceptors (Lipinski definition) is 3. The highest BCUT2D eigenvalue weighted by Crippen LogP contribution is 2.33. The second kappa shape index (κ2) is 5.54. The minimum absolute atomic E-state index is 0.155. The molecule has 0 radical (unpaired) electrons. The van der Waals surface area contributed by atoms with Crippen molar-refractivity contribution in [3.8, 4) is 0 Å². The van der Waals surface area contributed by atoms with E-state index in [0.29, 0.717) is 12.8 Å². The van der Waals surface area contributed by atoms with Crippen molar-refractivity contribution >= 4 is 16.2 Å². The Morgan fingerprint density at radius 1 is 1.39 bits per heavy atom. The lowest BCUT2D eigenvalue weighted by Gasteiger charge is -2.32. The summed E-state index contributed by atoms with van der Waals surface area (Å²) >= 11 is 0. The molecule has 0 aromatic rings. The van der Waals surface area contributed by atoms with Crippen LogP contribution < -0.4 is 4.72 Å². The van der Waals surface area contributed by atoms with Crippen molar-refractivity contribution in [1.29, 1.82) is 0 Å². The van der Waals surface area contributed by atoms with E-state index in [0.717, 1.165) is 12.8 Å². The highest BCUT2D eigenvalue weighted by molar-refractivity contribution is 7.87. The van der Waals surface area contributed by atoms with Crippen LogP contribution in [0.5, 0.6) is 0 Å². The van der Waals surface area contributed by atoms with E-state index in [2.05, 4.69) is 4.72 Å². The molecule has 0 unspecified atom stereocenters. The Morgan fingerprint density at radius 2 is 1.89 bits per heavy atom. The van der Waals surface area contributed by atoms with Gasteiger partial charge < -0.3 is 5.11 Å². The summed E-state index contributed by atoms with van der Waals surface area (Å²) in [6.45, 7) is 3.55. The van der Waals surface area contributed by atoms with Gasteiger partial charge in [0.2, 0.25) is 0 Å². The van der Waals surface area contributed by atoms with Crippen LogP contribution in [0.25, 0.3) is 0 Å². The Kier molecular flexibility index (Phi) is 4.74. The van der Waals surface area contributed by atoms with Crippen LogP contribution in [0.2, 0.25) is 0 Å². The maximum Gasteiger partial charge on any atom is 0.305 e. The summed E-state index contributed by atoms with van der Waals surface area (Å²) in [5.74, 6) is -0.966. The van der Waals surface area contributed by atoms with Crippen LogP contribution in [-0.4, -0.2) is 42.4 Å². The minimum atomic E-state index is -3.63. The van der Waals surface area contributed by atoms with Crippen molar-refractivity contribution in [2.75, 3.05) is 7.05 Å². The van der Waals surface area contributed by atoms with Crippen LogP contribution in [0, 0.1) is 0 Å². The fraction of sp³-hybridized carbons (Fsp3) is 0.909.